The molecule has 0 radical (unpaired) electrons. The van der Waals surface area contributed by atoms with Crippen LogP contribution in [-0.2, 0) is 4.79 Å². The molecule has 0 amide bonds. The second-order valence-corrected chi connectivity index (χ2v) is 3.12. The molecule has 0 spiro atoms. The van der Waals surface area contributed by atoms with Crippen molar-refractivity contribution in [2.75, 3.05) is 6.61 Å². The van der Waals surface area contributed by atoms with Crippen molar-refractivity contribution in [3.8, 4) is 11.5 Å². The van der Waals surface area contributed by atoms with Gasteiger partial charge in [0.2, 0.25) is 0 Å². The SMILES string of the molecule is CCOc1cccc(OC(=O)C(C)N)c1. The summed E-state index contributed by atoms with van der Waals surface area (Å²) in [5.74, 6) is 0.666. The highest BCUT2D eigenvalue weighted by atomic mass is 16.5. The molecule has 1 aromatic rings. The molecule has 0 aliphatic rings. The van der Waals surface area contributed by atoms with Gasteiger partial charge in [-0.2, -0.15) is 0 Å². The predicted octanol–water partition coefficient (Wildman–Crippen LogP) is 1.34. The van der Waals surface area contributed by atoms with E-state index >= 15 is 0 Å². The largest absolute Gasteiger partial charge is 0.494 e. The zero-order chi connectivity index (χ0) is 11.3. The predicted molar refractivity (Wildman–Crippen MR) is 56.9 cm³/mol. The molecule has 0 aliphatic heterocycles. The molecule has 0 aromatic heterocycles. The first-order chi connectivity index (χ1) is 7.13. The van der Waals surface area contributed by atoms with Crippen molar-refractivity contribution in [3.05, 3.63) is 24.3 Å². The topological polar surface area (TPSA) is 61.5 Å². The fourth-order valence-electron chi connectivity index (χ4n) is 1.00. The van der Waals surface area contributed by atoms with Crippen LogP contribution in [0.3, 0.4) is 0 Å². The Kier molecular flexibility index (Phi) is 4.12. The fraction of sp³-hybridized carbons (Fsp3) is 0.364. The van der Waals surface area contributed by atoms with Crippen LogP contribution >= 0.6 is 0 Å². The summed E-state index contributed by atoms with van der Waals surface area (Å²) < 4.78 is 10.3. The van der Waals surface area contributed by atoms with Gasteiger partial charge in [-0.3, -0.25) is 0 Å². The minimum atomic E-state index is -0.624. The van der Waals surface area contributed by atoms with E-state index in [4.69, 9.17) is 15.2 Å². The highest BCUT2D eigenvalue weighted by molar-refractivity contribution is 5.77. The Morgan fingerprint density at radius 1 is 1.47 bits per heavy atom. The maximum Gasteiger partial charge on any atom is 0.328 e. The molecule has 2 N–H and O–H groups in total. The molecule has 1 unspecified atom stereocenters. The first-order valence-electron chi connectivity index (χ1n) is 4.83. The smallest absolute Gasteiger partial charge is 0.328 e. The summed E-state index contributed by atoms with van der Waals surface area (Å²) in [6.07, 6.45) is 0. The molecule has 1 rings (SSSR count). The van der Waals surface area contributed by atoms with E-state index in [0.717, 1.165) is 0 Å². The highest BCUT2D eigenvalue weighted by Gasteiger charge is 2.10. The minimum absolute atomic E-state index is 0.447. The van der Waals surface area contributed by atoms with E-state index in [1.165, 1.54) is 0 Å². The van der Waals surface area contributed by atoms with Gasteiger partial charge in [-0.05, 0) is 26.0 Å². The summed E-state index contributed by atoms with van der Waals surface area (Å²) in [6.45, 7) is 4.04. The van der Waals surface area contributed by atoms with Crippen LogP contribution in [-0.4, -0.2) is 18.6 Å². The molecule has 15 heavy (non-hydrogen) atoms. The lowest BCUT2D eigenvalue weighted by atomic mass is 10.3. The number of ether oxygens (including phenoxy) is 2. The first-order valence-corrected chi connectivity index (χ1v) is 4.83. The van der Waals surface area contributed by atoms with Crippen LogP contribution in [0.1, 0.15) is 13.8 Å². The van der Waals surface area contributed by atoms with Crippen LogP contribution in [0.2, 0.25) is 0 Å². The van der Waals surface area contributed by atoms with E-state index in [9.17, 15) is 4.79 Å². The van der Waals surface area contributed by atoms with Crippen LogP contribution in [0.15, 0.2) is 24.3 Å². The van der Waals surface area contributed by atoms with Gasteiger partial charge >= 0.3 is 5.97 Å². The average Bonchev–Trinajstić information content (AvgIpc) is 2.18. The molecule has 82 valence electrons. The molecular weight excluding hydrogens is 194 g/mol. The summed E-state index contributed by atoms with van der Waals surface area (Å²) in [7, 11) is 0. The molecule has 0 aliphatic carbocycles. The van der Waals surface area contributed by atoms with E-state index in [1.807, 2.05) is 6.92 Å². The maximum absolute atomic E-state index is 11.2. The summed E-state index contributed by atoms with van der Waals surface area (Å²) in [6, 6.07) is 6.27. The zero-order valence-electron chi connectivity index (χ0n) is 8.90. The average molecular weight is 209 g/mol. The van der Waals surface area contributed by atoms with Crippen LogP contribution in [0.25, 0.3) is 0 Å². The number of nitrogens with two attached hydrogens (primary N) is 1. The Labute approximate surface area is 89.0 Å². The van der Waals surface area contributed by atoms with Crippen molar-refractivity contribution in [2.45, 2.75) is 19.9 Å². The molecule has 0 saturated carbocycles. The van der Waals surface area contributed by atoms with Crippen molar-refractivity contribution in [2.24, 2.45) is 5.73 Å². The third-order valence-electron chi connectivity index (χ3n) is 1.71. The number of carbonyl (C=O) groups excluding carboxylic acids is 1. The second kappa shape index (κ2) is 5.36. The van der Waals surface area contributed by atoms with Crippen molar-refractivity contribution >= 4 is 5.97 Å². The number of hydrogen-bond donors (Lipinski definition) is 1. The summed E-state index contributed by atoms with van der Waals surface area (Å²) in [5.41, 5.74) is 5.37. The molecule has 0 saturated heterocycles. The first kappa shape index (κ1) is 11.5. The van der Waals surface area contributed by atoms with Gasteiger partial charge in [0.1, 0.15) is 17.5 Å². The number of hydrogen-bond acceptors (Lipinski definition) is 4. The van der Waals surface area contributed by atoms with Gasteiger partial charge in [-0.25, -0.2) is 4.79 Å². The van der Waals surface area contributed by atoms with Crippen molar-refractivity contribution in [1.82, 2.24) is 0 Å². The van der Waals surface area contributed by atoms with E-state index in [2.05, 4.69) is 0 Å². The van der Waals surface area contributed by atoms with E-state index < -0.39 is 12.0 Å². The molecular formula is C11H15NO3. The van der Waals surface area contributed by atoms with Crippen LogP contribution in [0.4, 0.5) is 0 Å². The second-order valence-electron chi connectivity index (χ2n) is 3.12. The summed E-state index contributed by atoms with van der Waals surface area (Å²) >= 11 is 0. The molecule has 1 atom stereocenters. The lowest BCUT2D eigenvalue weighted by Crippen LogP contribution is -2.30. The summed E-state index contributed by atoms with van der Waals surface area (Å²) in [4.78, 5) is 11.2. The Balaban J connectivity index is 2.69. The Morgan fingerprint density at radius 2 is 2.13 bits per heavy atom. The quantitative estimate of drug-likeness (QED) is 0.600. The molecule has 1 aromatic carbocycles. The van der Waals surface area contributed by atoms with Crippen molar-refractivity contribution in [3.63, 3.8) is 0 Å². The van der Waals surface area contributed by atoms with Gasteiger partial charge in [0.15, 0.2) is 0 Å². The zero-order valence-corrected chi connectivity index (χ0v) is 8.90. The Bertz CT molecular complexity index is 336. The number of benzene rings is 1. The number of carbonyl (C=O) groups is 1. The molecule has 0 heterocycles. The van der Waals surface area contributed by atoms with E-state index in [-0.39, 0.29) is 0 Å². The molecule has 0 fully saturated rings. The van der Waals surface area contributed by atoms with Crippen LogP contribution < -0.4 is 15.2 Å². The fourth-order valence-corrected chi connectivity index (χ4v) is 1.00. The van der Waals surface area contributed by atoms with Crippen molar-refractivity contribution in [1.29, 1.82) is 0 Å². The van der Waals surface area contributed by atoms with Gasteiger partial charge in [0.25, 0.3) is 0 Å². The van der Waals surface area contributed by atoms with E-state index in [0.29, 0.717) is 18.1 Å². The van der Waals surface area contributed by atoms with Crippen molar-refractivity contribution < 1.29 is 14.3 Å². The highest BCUT2D eigenvalue weighted by Crippen LogP contribution is 2.19. The molecule has 4 nitrogen and oxygen atoms in total. The van der Waals surface area contributed by atoms with Gasteiger partial charge in [-0.15, -0.1) is 0 Å². The standard InChI is InChI=1S/C11H15NO3/c1-3-14-9-5-4-6-10(7-9)15-11(13)8(2)12/h4-8H,3,12H2,1-2H3. The monoisotopic (exact) mass is 209 g/mol. The van der Waals surface area contributed by atoms with Gasteiger partial charge < -0.3 is 15.2 Å². The minimum Gasteiger partial charge on any atom is -0.494 e. The molecule has 4 heteroatoms. The Hall–Kier alpha value is -1.55. The summed E-state index contributed by atoms with van der Waals surface area (Å²) in [5, 5.41) is 0. The van der Waals surface area contributed by atoms with E-state index in [1.54, 1.807) is 31.2 Å². The van der Waals surface area contributed by atoms with Crippen LogP contribution in [0, 0.1) is 0 Å². The number of esters is 1. The number of rotatable bonds is 4. The lowest BCUT2D eigenvalue weighted by Gasteiger charge is -2.08. The third kappa shape index (κ3) is 3.59. The Morgan fingerprint density at radius 3 is 2.73 bits per heavy atom. The molecule has 0 bridgehead atoms. The van der Waals surface area contributed by atoms with Crippen LogP contribution in [0.5, 0.6) is 11.5 Å². The normalized spacial score (nSPS) is 11.9. The van der Waals surface area contributed by atoms with Gasteiger partial charge in [0.05, 0.1) is 6.61 Å². The third-order valence-corrected chi connectivity index (χ3v) is 1.71. The van der Waals surface area contributed by atoms with Gasteiger partial charge in [-0.1, -0.05) is 6.07 Å². The van der Waals surface area contributed by atoms with Gasteiger partial charge in [0, 0.05) is 6.07 Å². The maximum atomic E-state index is 11.2. The lowest BCUT2D eigenvalue weighted by molar-refractivity contribution is -0.135.